The van der Waals surface area contributed by atoms with Crippen molar-refractivity contribution in [1.29, 1.82) is 0 Å². The third-order valence-corrected chi connectivity index (χ3v) is 5.76. The minimum atomic E-state index is -3.84. The molecule has 0 radical (unpaired) electrons. The van der Waals surface area contributed by atoms with Crippen LogP contribution in [0.15, 0.2) is 22.2 Å². The number of nitrogens with one attached hydrogen (secondary N) is 2. The lowest BCUT2D eigenvalue weighted by Crippen LogP contribution is -2.17. The Morgan fingerprint density at radius 3 is 2.76 bits per heavy atom. The van der Waals surface area contributed by atoms with E-state index >= 15 is 0 Å². The number of H-pyrrole nitrogens is 1. The molecular weight excluding hydrogens is 362 g/mol. The number of anilines is 1. The second-order valence-electron chi connectivity index (χ2n) is 6.07. The number of amides is 1. The van der Waals surface area contributed by atoms with E-state index in [1.54, 1.807) is 6.92 Å². The summed E-state index contributed by atoms with van der Waals surface area (Å²) in [7, 11) is -3.84. The summed E-state index contributed by atoms with van der Waals surface area (Å²) in [5.74, 6) is 1.20. The molecule has 1 aromatic carbocycles. The summed E-state index contributed by atoms with van der Waals surface area (Å²) in [6.07, 6.45) is 2.25. The van der Waals surface area contributed by atoms with Crippen molar-refractivity contribution in [3.63, 3.8) is 0 Å². The lowest BCUT2D eigenvalue weighted by Gasteiger charge is -2.12. The van der Waals surface area contributed by atoms with Crippen LogP contribution in [0.3, 0.4) is 0 Å². The minimum Gasteiger partial charge on any atom is -0.325 e. The van der Waals surface area contributed by atoms with E-state index in [1.165, 1.54) is 23.9 Å². The summed E-state index contributed by atoms with van der Waals surface area (Å²) >= 11 is 1.23. The van der Waals surface area contributed by atoms with Gasteiger partial charge in [0.2, 0.25) is 21.1 Å². The molecule has 10 heteroatoms. The van der Waals surface area contributed by atoms with Crippen LogP contribution in [0.2, 0.25) is 0 Å². The topological polar surface area (TPSA) is 131 Å². The van der Waals surface area contributed by atoms with Crippen molar-refractivity contribution in [1.82, 2.24) is 15.2 Å². The Bertz CT molecular complexity index is 919. The number of primary sulfonamides is 1. The van der Waals surface area contributed by atoms with Gasteiger partial charge < -0.3 is 5.32 Å². The number of carbonyl (C=O) groups is 1. The molecule has 0 unspecified atom stereocenters. The molecule has 0 atom stereocenters. The summed E-state index contributed by atoms with van der Waals surface area (Å²) < 4.78 is 23.1. The van der Waals surface area contributed by atoms with Crippen LogP contribution in [0.1, 0.15) is 35.7 Å². The molecule has 0 saturated heterocycles. The van der Waals surface area contributed by atoms with Gasteiger partial charge in [0.1, 0.15) is 5.82 Å². The fraction of sp³-hybridized carbons (Fsp3) is 0.400. The number of benzene rings is 1. The molecule has 1 aliphatic rings. The number of sulfonamides is 1. The smallest absolute Gasteiger partial charge is 0.238 e. The standard InChI is InChI=1S/C15H19N5O3S2/c1-8-5-11(25(16,22)23)6-12(9(8)2)17-13(21)7-24-15-18-14(19-20-15)10-3-4-10/h5-6,10H,3-4,7H2,1-2H3,(H,17,21)(H2,16,22,23)(H,18,19,20). The lowest BCUT2D eigenvalue weighted by atomic mass is 10.1. The number of aromatic nitrogens is 3. The molecule has 134 valence electrons. The SMILES string of the molecule is Cc1cc(S(N)(=O)=O)cc(NC(=O)CSc2n[nH]c(C3CC3)n2)c1C. The van der Waals surface area contributed by atoms with Gasteiger partial charge in [-0.3, -0.25) is 9.89 Å². The molecule has 0 bridgehead atoms. The maximum absolute atomic E-state index is 12.2. The van der Waals surface area contributed by atoms with Gasteiger partial charge in [-0.25, -0.2) is 18.5 Å². The molecular formula is C15H19N5O3S2. The van der Waals surface area contributed by atoms with E-state index < -0.39 is 10.0 Å². The van der Waals surface area contributed by atoms with Crippen molar-refractivity contribution >= 4 is 33.4 Å². The zero-order valence-electron chi connectivity index (χ0n) is 13.9. The van der Waals surface area contributed by atoms with Gasteiger partial charge in [-0.15, -0.1) is 5.10 Å². The van der Waals surface area contributed by atoms with Crippen molar-refractivity contribution in [2.75, 3.05) is 11.1 Å². The number of hydrogen-bond donors (Lipinski definition) is 3. The summed E-state index contributed by atoms with van der Waals surface area (Å²) in [6, 6.07) is 2.86. The van der Waals surface area contributed by atoms with Gasteiger partial charge in [0.05, 0.1) is 10.6 Å². The van der Waals surface area contributed by atoms with Gasteiger partial charge in [-0.05, 0) is 49.9 Å². The van der Waals surface area contributed by atoms with Crippen LogP contribution in [-0.4, -0.2) is 35.3 Å². The molecule has 1 saturated carbocycles. The molecule has 2 aromatic rings. The van der Waals surface area contributed by atoms with Crippen molar-refractivity contribution in [2.24, 2.45) is 5.14 Å². The zero-order valence-corrected chi connectivity index (χ0v) is 15.5. The van der Waals surface area contributed by atoms with E-state index in [9.17, 15) is 13.2 Å². The fourth-order valence-corrected chi connectivity index (χ4v) is 3.53. The van der Waals surface area contributed by atoms with Gasteiger partial charge in [0.25, 0.3) is 0 Å². The summed E-state index contributed by atoms with van der Waals surface area (Å²) in [5, 5.41) is 15.4. The van der Waals surface area contributed by atoms with Crippen LogP contribution in [-0.2, 0) is 14.8 Å². The minimum absolute atomic E-state index is 0.0263. The van der Waals surface area contributed by atoms with E-state index in [-0.39, 0.29) is 16.6 Å². The molecule has 1 amide bonds. The molecule has 25 heavy (non-hydrogen) atoms. The quantitative estimate of drug-likeness (QED) is 0.653. The first-order valence-electron chi connectivity index (χ1n) is 7.73. The van der Waals surface area contributed by atoms with Gasteiger partial charge in [-0.2, -0.15) is 0 Å². The molecule has 1 fully saturated rings. The Kier molecular flexibility index (Phi) is 4.85. The van der Waals surface area contributed by atoms with Crippen LogP contribution in [0.4, 0.5) is 5.69 Å². The Balaban J connectivity index is 1.66. The van der Waals surface area contributed by atoms with E-state index in [2.05, 4.69) is 20.5 Å². The van der Waals surface area contributed by atoms with E-state index in [4.69, 9.17) is 5.14 Å². The summed E-state index contributed by atoms with van der Waals surface area (Å²) in [4.78, 5) is 16.5. The van der Waals surface area contributed by atoms with E-state index in [0.717, 1.165) is 29.8 Å². The third kappa shape index (κ3) is 4.39. The number of rotatable bonds is 6. The molecule has 0 spiro atoms. The normalized spacial score (nSPS) is 14.5. The predicted octanol–water partition coefficient (Wildman–Crippen LogP) is 1.68. The highest BCUT2D eigenvalue weighted by Gasteiger charge is 2.27. The Morgan fingerprint density at radius 1 is 1.40 bits per heavy atom. The van der Waals surface area contributed by atoms with Crippen molar-refractivity contribution in [3.8, 4) is 0 Å². The summed E-state index contributed by atoms with van der Waals surface area (Å²) in [6.45, 7) is 3.57. The van der Waals surface area contributed by atoms with Crippen LogP contribution in [0.5, 0.6) is 0 Å². The molecule has 8 nitrogen and oxygen atoms in total. The first-order chi connectivity index (χ1) is 11.7. The first-order valence-corrected chi connectivity index (χ1v) is 10.3. The molecule has 1 aromatic heterocycles. The third-order valence-electron chi connectivity index (χ3n) is 4.02. The molecule has 0 aliphatic heterocycles. The van der Waals surface area contributed by atoms with Crippen LogP contribution in [0.25, 0.3) is 0 Å². The average molecular weight is 381 g/mol. The Hall–Kier alpha value is -1.91. The molecule has 1 heterocycles. The number of aromatic amines is 1. The van der Waals surface area contributed by atoms with Gasteiger partial charge >= 0.3 is 0 Å². The second kappa shape index (κ2) is 6.77. The highest BCUT2D eigenvalue weighted by Crippen LogP contribution is 2.38. The second-order valence-corrected chi connectivity index (χ2v) is 8.58. The zero-order chi connectivity index (χ0) is 18.2. The van der Waals surface area contributed by atoms with Crippen LogP contribution in [0, 0.1) is 13.8 Å². The largest absolute Gasteiger partial charge is 0.325 e. The van der Waals surface area contributed by atoms with Gasteiger partial charge in [0, 0.05) is 11.6 Å². The van der Waals surface area contributed by atoms with Crippen LogP contribution >= 0.6 is 11.8 Å². The summed E-state index contributed by atoms with van der Waals surface area (Å²) in [5.41, 5.74) is 1.96. The van der Waals surface area contributed by atoms with E-state index in [1.807, 2.05) is 6.92 Å². The van der Waals surface area contributed by atoms with E-state index in [0.29, 0.717) is 16.8 Å². The number of nitrogens with zero attached hydrogens (tertiary/aromatic N) is 2. The fourth-order valence-electron chi connectivity index (χ4n) is 2.30. The number of carbonyl (C=O) groups excluding carboxylic acids is 1. The highest BCUT2D eigenvalue weighted by molar-refractivity contribution is 7.99. The van der Waals surface area contributed by atoms with Gasteiger partial charge in [0.15, 0.2) is 0 Å². The number of thioether (sulfide) groups is 1. The maximum Gasteiger partial charge on any atom is 0.238 e. The number of aryl methyl sites for hydroxylation is 1. The lowest BCUT2D eigenvalue weighted by molar-refractivity contribution is -0.113. The van der Waals surface area contributed by atoms with Crippen molar-refractivity contribution < 1.29 is 13.2 Å². The Morgan fingerprint density at radius 2 is 2.12 bits per heavy atom. The van der Waals surface area contributed by atoms with Crippen LogP contribution < -0.4 is 10.5 Å². The maximum atomic E-state index is 12.2. The molecule has 1 aliphatic carbocycles. The first kappa shape index (κ1) is 17.9. The molecule has 4 N–H and O–H groups in total. The highest BCUT2D eigenvalue weighted by atomic mass is 32.2. The van der Waals surface area contributed by atoms with Gasteiger partial charge in [-0.1, -0.05) is 11.8 Å². The van der Waals surface area contributed by atoms with Crippen molar-refractivity contribution in [3.05, 3.63) is 29.1 Å². The average Bonchev–Trinajstić information content (AvgIpc) is 3.27. The van der Waals surface area contributed by atoms with Crippen molar-refractivity contribution in [2.45, 2.75) is 42.7 Å². The molecule has 3 rings (SSSR count). The predicted molar refractivity (Wildman–Crippen MR) is 95.0 cm³/mol. The number of nitrogens with two attached hydrogens (primary N) is 1. The number of hydrogen-bond acceptors (Lipinski definition) is 6. The monoisotopic (exact) mass is 381 g/mol. The Labute approximate surface area is 150 Å².